The van der Waals surface area contributed by atoms with E-state index in [1.54, 1.807) is 0 Å². The molecule has 1 atom stereocenters. The standard InChI is InChI=1S/C14H15ClO2S/c1-2-13(16)10-3-5-11(6-4-10)17-9-12-7-8-14(15)18-12/h3-8,13,16H,2,9H2,1H3/t13-/m0/s1. The van der Waals surface area contributed by atoms with E-state index in [9.17, 15) is 5.11 Å². The average Bonchev–Trinajstić information content (AvgIpc) is 2.82. The molecule has 96 valence electrons. The fraction of sp³-hybridized carbons (Fsp3) is 0.286. The Kier molecular flexibility index (Phi) is 4.64. The van der Waals surface area contributed by atoms with Crippen molar-refractivity contribution in [2.75, 3.05) is 0 Å². The van der Waals surface area contributed by atoms with Crippen LogP contribution in [0, 0.1) is 0 Å². The molecular formula is C14H15ClO2S. The molecule has 2 rings (SSSR count). The molecule has 1 aromatic heterocycles. The van der Waals surface area contributed by atoms with Gasteiger partial charge < -0.3 is 9.84 Å². The molecule has 1 aromatic carbocycles. The van der Waals surface area contributed by atoms with E-state index in [1.165, 1.54) is 11.3 Å². The second-order valence-corrected chi connectivity index (χ2v) is 5.79. The van der Waals surface area contributed by atoms with E-state index >= 15 is 0 Å². The summed E-state index contributed by atoms with van der Waals surface area (Å²) in [6, 6.07) is 11.4. The van der Waals surface area contributed by atoms with Crippen LogP contribution in [0.25, 0.3) is 0 Å². The lowest BCUT2D eigenvalue weighted by atomic mass is 10.1. The minimum atomic E-state index is -0.393. The van der Waals surface area contributed by atoms with Crippen LogP contribution < -0.4 is 4.74 Å². The Labute approximate surface area is 116 Å². The van der Waals surface area contributed by atoms with Crippen LogP contribution in [-0.4, -0.2) is 5.11 Å². The second-order valence-electron chi connectivity index (χ2n) is 3.99. The zero-order chi connectivity index (χ0) is 13.0. The van der Waals surface area contributed by atoms with Crippen molar-refractivity contribution in [3.8, 4) is 5.75 Å². The van der Waals surface area contributed by atoms with Gasteiger partial charge in [0, 0.05) is 4.88 Å². The van der Waals surface area contributed by atoms with Gasteiger partial charge in [-0.2, -0.15) is 0 Å². The van der Waals surface area contributed by atoms with Crippen molar-refractivity contribution >= 4 is 22.9 Å². The highest BCUT2D eigenvalue weighted by Crippen LogP contribution is 2.24. The summed E-state index contributed by atoms with van der Waals surface area (Å²) in [6.45, 7) is 2.47. The molecule has 0 aliphatic carbocycles. The van der Waals surface area contributed by atoms with Gasteiger partial charge in [-0.3, -0.25) is 0 Å². The number of aliphatic hydroxyl groups excluding tert-OH is 1. The van der Waals surface area contributed by atoms with Gasteiger partial charge in [-0.1, -0.05) is 30.7 Å². The summed E-state index contributed by atoms with van der Waals surface area (Å²) in [5.41, 5.74) is 0.920. The Hall–Kier alpha value is -1.03. The lowest BCUT2D eigenvalue weighted by molar-refractivity contribution is 0.173. The molecule has 0 unspecified atom stereocenters. The lowest BCUT2D eigenvalue weighted by Crippen LogP contribution is -1.96. The van der Waals surface area contributed by atoms with Crippen LogP contribution in [0.3, 0.4) is 0 Å². The van der Waals surface area contributed by atoms with Crippen molar-refractivity contribution in [3.63, 3.8) is 0 Å². The van der Waals surface area contributed by atoms with Gasteiger partial charge in [-0.05, 0) is 36.2 Å². The molecule has 0 amide bonds. The molecule has 0 aliphatic heterocycles. The number of thiophene rings is 1. The van der Waals surface area contributed by atoms with Crippen LogP contribution in [-0.2, 0) is 6.61 Å². The first-order valence-electron chi connectivity index (χ1n) is 5.84. The smallest absolute Gasteiger partial charge is 0.122 e. The van der Waals surface area contributed by atoms with E-state index in [0.717, 1.165) is 20.5 Å². The van der Waals surface area contributed by atoms with Gasteiger partial charge in [0.15, 0.2) is 0 Å². The number of rotatable bonds is 5. The molecule has 4 heteroatoms. The van der Waals surface area contributed by atoms with Crippen molar-refractivity contribution in [1.29, 1.82) is 0 Å². The van der Waals surface area contributed by atoms with Gasteiger partial charge >= 0.3 is 0 Å². The molecule has 0 spiro atoms. The highest BCUT2D eigenvalue weighted by atomic mass is 35.5. The maximum absolute atomic E-state index is 9.68. The van der Waals surface area contributed by atoms with Gasteiger partial charge in [0.2, 0.25) is 0 Å². The first kappa shape index (κ1) is 13.4. The van der Waals surface area contributed by atoms with E-state index < -0.39 is 6.10 Å². The Bertz CT molecular complexity index is 493. The maximum Gasteiger partial charge on any atom is 0.122 e. The molecule has 0 radical (unpaired) electrons. The first-order valence-corrected chi connectivity index (χ1v) is 7.03. The molecule has 0 saturated carbocycles. The van der Waals surface area contributed by atoms with Crippen LogP contribution in [0.4, 0.5) is 0 Å². The second kappa shape index (κ2) is 6.23. The van der Waals surface area contributed by atoms with Crippen molar-refractivity contribution in [2.24, 2.45) is 0 Å². The quantitative estimate of drug-likeness (QED) is 0.879. The SMILES string of the molecule is CC[C@H](O)c1ccc(OCc2ccc(Cl)s2)cc1. The number of aliphatic hydroxyl groups is 1. The number of hydrogen-bond donors (Lipinski definition) is 1. The molecular weight excluding hydrogens is 268 g/mol. The van der Waals surface area contributed by atoms with Crippen molar-refractivity contribution in [2.45, 2.75) is 26.1 Å². The van der Waals surface area contributed by atoms with Gasteiger partial charge in [0.05, 0.1) is 10.4 Å². The summed E-state index contributed by atoms with van der Waals surface area (Å²) in [6.07, 6.45) is 0.323. The molecule has 18 heavy (non-hydrogen) atoms. The van der Waals surface area contributed by atoms with Gasteiger partial charge in [-0.15, -0.1) is 11.3 Å². The Balaban J connectivity index is 1.94. The molecule has 0 aliphatic rings. The fourth-order valence-corrected chi connectivity index (χ4v) is 2.61. The first-order chi connectivity index (χ1) is 8.69. The van der Waals surface area contributed by atoms with Crippen LogP contribution in [0.2, 0.25) is 4.34 Å². The van der Waals surface area contributed by atoms with E-state index in [0.29, 0.717) is 13.0 Å². The monoisotopic (exact) mass is 282 g/mol. The summed E-state index contributed by atoms with van der Waals surface area (Å²) in [4.78, 5) is 1.10. The third-order valence-electron chi connectivity index (χ3n) is 2.66. The van der Waals surface area contributed by atoms with E-state index in [-0.39, 0.29) is 0 Å². The third kappa shape index (κ3) is 3.48. The Morgan fingerprint density at radius 3 is 2.50 bits per heavy atom. The van der Waals surface area contributed by atoms with Gasteiger partial charge in [0.25, 0.3) is 0 Å². The van der Waals surface area contributed by atoms with Crippen LogP contribution >= 0.6 is 22.9 Å². The van der Waals surface area contributed by atoms with Gasteiger partial charge in [0.1, 0.15) is 12.4 Å². The van der Waals surface area contributed by atoms with E-state index in [4.69, 9.17) is 16.3 Å². The van der Waals surface area contributed by atoms with Crippen LogP contribution in [0.15, 0.2) is 36.4 Å². The molecule has 0 bridgehead atoms. The van der Waals surface area contributed by atoms with Crippen molar-refractivity contribution in [3.05, 3.63) is 51.2 Å². The molecule has 0 saturated heterocycles. The van der Waals surface area contributed by atoms with E-state index in [2.05, 4.69) is 0 Å². The normalized spacial score (nSPS) is 12.4. The summed E-state index contributed by atoms with van der Waals surface area (Å²) in [7, 11) is 0. The minimum absolute atomic E-state index is 0.393. The van der Waals surface area contributed by atoms with Crippen LogP contribution in [0.5, 0.6) is 5.75 Å². The average molecular weight is 283 g/mol. The molecule has 0 fully saturated rings. The lowest BCUT2D eigenvalue weighted by Gasteiger charge is -2.09. The summed E-state index contributed by atoms with van der Waals surface area (Å²) in [5, 5.41) is 9.68. The van der Waals surface area contributed by atoms with Gasteiger partial charge in [-0.25, -0.2) is 0 Å². The topological polar surface area (TPSA) is 29.5 Å². The highest BCUT2D eigenvalue weighted by molar-refractivity contribution is 7.16. The molecule has 1 heterocycles. The predicted molar refractivity (Wildman–Crippen MR) is 75.4 cm³/mol. The Morgan fingerprint density at radius 1 is 1.22 bits per heavy atom. The van der Waals surface area contributed by atoms with E-state index in [1.807, 2.05) is 43.3 Å². The maximum atomic E-state index is 9.68. The number of hydrogen-bond acceptors (Lipinski definition) is 3. The highest BCUT2D eigenvalue weighted by Gasteiger charge is 2.05. The van der Waals surface area contributed by atoms with Crippen molar-refractivity contribution < 1.29 is 9.84 Å². The Morgan fingerprint density at radius 2 is 1.94 bits per heavy atom. The molecule has 1 N–H and O–H groups in total. The largest absolute Gasteiger partial charge is 0.488 e. The summed E-state index contributed by atoms with van der Waals surface area (Å²) < 4.78 is 6.42. The zero-order valence-corrected chi connectivity index (χ0v) is 11.7. The fourth-order valence-electron chi connectivity index (χ4n) is 1.61. The van der Waals surface area contributed by atoms with Crippen LogP contribution in [0.1, 0.15) is 29.9 Å². The summed E-state index contributed by atoms with van der Waals surface area (Å²) >= 11 is 7.37. The van der Waals surface area contributed by atoms with Crippen molar-refractivity contribution in [1.82, 2.24) is 0 Å². The summed E-state index contributed by atoms with van der Waals surface area (Å²) in [5.74, 6) is 0.798. The third-order valence-corrected chi connectivity index (χ3v) is 3.87. The number of ether oxygens (including phenoxy) is 1. The molecule has 2 nitrogen and oxygen atoms in total. The zero-order valence-electron chi connectivity index (χ0n) is 10.1. The predicted octanol–water partition coefficient (Wildman–Crippen LogP) is 4.42. The number of halogens is 1. The minimum Gasteiger partial charge on any atom is -0.488 e. The molecule has 2 aromatic rings. The number of benzene rings is 1.